The number of nitrogens with one attached hydrogen (secondary N) is 1. The molecule has 0 spiro atoms. The molecule has 0 saturated carbocycles. The van der Waals surface area contributed by atoms with Crippen molar-refractivity contribution in [1.29, 1.82) is 0 Å². The van der Waals surface area contributed by atoms with E-state index in [1.54, 1.807) is 6.07 Å². The molecular formula is C13H16N4O3S2. The minimum Gasteiger partial charge on any atom is -0.453 e. The maximum absolute atomic E-state index is 12.0. The van der Waals surface area contributed by atoms with Crippen LogP contribution in [0.4, 0.5) is 0 Å². The number of H-pyrrole nitrogens is 1. The van der Waals surface area contributed by atoms with Crippen LogP contribution in [0.3, 0.4) is 0 Å². The zero-order chi connectivity index (χ0) is 15.4. The minimum atomic E-state index is -0.449. The Kier molecular flexibility index (Phi) is 5.06. The first-order chi connectivity index (χ1) is 10.8. The largest absolute Gasteiger partial charge is 0.453 e. The topological polar surface area (TPSA) is 90.0 Å². The van der Waals surface area contributed by atoms with Crippen LogP contribution in [0, 0.1) is 0 Å². The van der Waals surface area contributed by atoms with Gasteiger partial charge in [-0.3, -0.25) is 5.10 Å². The number of esters is 1. The van der Waals surface area contributed by atoms with Crippen LogP contribution < -0.4 is 0 Å². The van der Waals surface area contributed by atoms with Crippen LogP contribution in [0.5, 0.6) is 0 Å². The van der Waals surface area contributed by atoms with Gasteiger partial charge in [-0.15, -0.1) is 10.2 Å². The summed E-state index contributed by atoms with van der Waals surface area (Å²) in [5.74, 6) is -0.0782. The van der Waals surface area contributed by atoms with Gasteiger partial charge in [0.15, 0.2) is 15.0 Å². The Hall–Kier alpha value is -1.45. The maximum Gasteiger partial charge on any atom is 0.359 e. The molecule has 0 aromatic carbocycles. The van der Waals surface area contributed by atoms with Gasteiger partial charge in [-0.1, -0.05) is 23.1 Å². The lowest BCUT2D eigenvalue weighted by Crippen LogP contribution is -2.14. The van der Waals surface area contributed by atoms with E-state index in [1.165, 1.54) is 23.1 Å². The first-order valence-electron chi connectivity index (χ1n) is 6.93. The number of nitrogens with zero attached hydrogens (tertiary/aromatic N) is 3. The fourth-order valence-electron chi connectivity index (χ4n) is 2.24. The number of aromatic amines is 1. The molecule has 0 aliphatic carbocycles. The molecule has 0 amide bonds. The summed E-state index contributed by atoms with van der Waals surface area (Å²) in [6.07, 6.45) is 3.82. The highest BCUT2D eigenvalue weighted by Gasteiger charge is 2.20. The van der Waals surface area contributed by atoms with Crippen molar-refractivity contribution >= 4 is 29.1 Å². The number of aromatic nitrogens is 4. The van der Waals surface area contributed by atoms with Crippen molar-refractivity contribution < 1.29 is 14.3 Å². The standard InChI is InChI=1S/C13H16N4O3S2/c1-21-13-17-16-11(22-13)7-20-12(18)10-6-9(14-15-10)8-2-4-19-5-3-8/h6,8H,2-5,7H2,1H3,(H,14,15). The molecule has 1 N–H and O–H groups in total. The number of thioether (sulfide) groups is 1. The Morgan fingerprint density at radius 1 is 1.50 bits per heavy atom. The molecule has 2 aromatic heterocycles. The predicted octanol–water partition coefficient (Wildman–Crippen LogP) is 2.23. The Morgan fingerprint density at radius 2 is 2.32 bits per heavy atom. The van der Waals surface area contributed by atoms with Crippen molar-refractivity contribution in [1.82, 2.24) is 20.4 Å². The zero-order valence-electron chi connectivity index (χ0n) is 12.1. The molecule has 1 aliphatic heterocycles. The van der Waals surface area contributed by atoms with Gasteiger partial charge in [-0.05, 0) is 25.2 Å². The van der Waals surface area contributed by atoms with E-state index in [2.05, 4.69) is 20.4 Å². The van der Waals surface area contributed by atoms with Crippen LogP contribution in [-0.4, -0.2) is 45.8 Å². The molecule has 0 unspecified atom stereocenters. The van der Waals surface area contributed by atoms with Gasteiger partial charge in [0, 0.05) is 24.8 Å². The Balaban J connectivity index is 1.56. The van der Waals surface area contributed by atoms with Crippen molar-refractivity contribution in [3.05, 3.63) is 22.5 Å². The van der Waals surface area contributed by atoms with Gasteiger partial charge >= 0.3 is 5.97 Å². The molecule has 2 aromatic rings. The molecule has 22 heavy (non-hydrogen) atoms. The summed E-state index contributed by atoms with van der Waals surface area (Å²) in [6, 6.07) is 1.77. The average molecular weight is 340 g/mol. The van der Waals surface area contributed by atoms with Crippen molar-refractivity contribution in [2.75, 3.05) is 19.5 Å². The van der Waals surface area contributed by atoms with E-state index in [0.29, 0.717) is 16.6 Å². The summed E-state index contributed by atoms with van der Waals surface area (Å²) >= 11 is 2.94. The van der Waals surface area contributed by atoms with E-state index in [1.807, 2.05) is 6.26 Å². The van der Waals surface area contributed by atoms with Crippen molar-refractivity contribution in [2.45, 2.75) is 29.7 Å². The predicted molar refractivity (Wildman–Crippen MR) is 82.2 cm³/mol. The summed E-state index contributed by atoms with van der Waals surface area (Å²) < 4.78 is 11.4. The van der Waals surface area contributed by atoms with E-state index >= 15 is 0 Å². The Morgan fingerprint density at radius 3 is 3.05 bits per heavy atom. The van der Waals surface area contributed by atoms with Crippen molar-refractivity contribution in [2.24, 2.45) is 0 Å². The Bertz CT molecular complexity index is 637. The molecule has 7 nitrogen and oxygen atoms in total. The normalized spacial score (nSPS) is 15.9. The number of rotatable bonds is 5. The van der Waals surface area contributed by atoms with Gasteiger partial charge in [0.05, 0.1) is 0 Å². The summed E-state index contributed by atoms with van der Waals surface area (Å²) in [4.78, 5) is 12.0. The van der Waals surface area contributed by atoms with E-state index in [4.69, 9.17) is 9.47 Å². The van der Waals surface area contributed by atoms with Crippen molar-refractivity contribution in [3.63, 3.8) is 0 Å². The van der Waals surface area contributed by atoms with Gasteiger partial charge in [0.25, 0.3) is 0 Å². The van der Waals surface area contributed by atoms with Crippen LogP contribution in [0.1, 0.15) is 39.9 Å². The van der Waals surface area contributed by atoms with Crippen LogP contribution in [0.25, 0.3) is 0 Å². The first-order valence-corrected chi connectivity index (χ1v) is 8.97. The molecule has 118 valence electrons. The summed E-state index contributed by atoms with van der Waals surface area (Å²) in [6.45, 7) is 1.62. The summed E-state index contributed by atoms with van der Waals surface area (Å²) in [5, 5.41) is 15.6. The molecule has 0 radical (unpaired) electrons. The van der Waals surface area contributed by atoms with Gasteiger partial charge in [0.1, 0.15) is 6.61 Å². The van der Waals surface area contributed by atoms with Gasteiger partial charge < -0.3 is 9.47 Å². The molecule has 0 atom stereocenters. The molecule has 9 heteroatoms. The lowest BCUT2D eigenvalue weighted by atomic mass is 9.96. The Labute approximate surface area is 135 Å². The average Bonchev–Trinajstić information content (AvgIpc) is 3.22. The summed E-state index contributed by atoms with van der Waals surface area (Å²) in [7, 11) is 0. The molecule has 0 bridgehead atoms. The third-order valence-corrected chi connectivity index (χ3v) is 5.29. The SMILES string of the molecule is CSc1nnc(COC(=O)c2cc(C3CCOCC3)[nH]n2)s1. The number of hydrogen-bond donors (Lipinski definition) is 1. The third-order valence-electron chi connectivity index (χ3n) is 3.42. The van der Waals surface area contributed by atoms with Crippen LogP contribution in [-0.2, 0) is 16.1 Å². The highest BCUT2D eigenvalue weighted by atomic mass is 32.2. The number of carbonyl (C=O) groups is 1. The fraction of sp³-hybridized carbons (Fsp3) is 0.538. The third kappa shape index (κ3) is 3.65. The summed E-state index contributed by atoms with van der Waals surface area (Å²) in [5.41, 5.74) is 1.27. The van der Waals surface area contributed by atoms with Crippen molar-refractivity contribution in [3.8, 4) is 0 Å². The van der Waals surface area contributed by atoms with E-state index in [-0.39, 0.29) is 6.61 Å². The lowest BCUT2D eigenvalue weighted by molar-refractivity contribution is 0.0464. The van der Waals surface area contributed by atoms with Gasteiger partial charge in [0.2, 0.25) is 0 Å². The fourth-order valence-corrected chi connectivity index (χ4v) is 3.47. The quantitative estimate of drug-likeness (QED) is 0.659. The van der Waals surface area contributed by atoms with E-state index in [9.17, 15) is 4.79 Å². The monoisotopic (exact) mass is 340 g/mol. The van der Waals surface area contributed by atoms with Gasteiger partial charge in [-0.25, -0.2) is 4.79 Å². The highest BCUT2D eigenvalue weighted by molar-refractivity contribution is 8.00. The number of ether oxygens (including phenoxy) is 2. The molecule has 3 rings (SSSR count). The van der Waals surface area contributed by atoms with E-state index in [0.717, 1.165) is 36.1 Å². The zero-order valence-corrected chi connectivity index (χ0v) is 13.7. The minimum absolute atomic E-state index is 0.122. The second kappa shape index (κ2) is 7.21. The molecule has 1 fully saturated rings. The smallest absolute Gasteiger partial charge is 0.359 e. The lowest BCUT2D eigenvalue weighted by Gasteiger charge is -2.20. The van der Waals surface area contributed by atoms with Crippen LogP contribution in [0.2, 0.25) is 0 Å². The van der Waals surface area contributed by atoms with Crippen LogP contribution in [0.15, 0.2) is 10.4 Å². The molecule has 1 saturated heterocycles. The van der Waals surface area contributed by atoms with E-state index < -0.39 is 5.97 Å². The van der Waals surface area contributed by atoms with Crippen LogP contribution >= 0.6 is 23.1 Å². The maximum atomic E-state index is 12.0. The number of carbonyl (C=O) groups excluding carboxylic acids is 1. The first kappa shape index (κ1) is 15.4. The second-order valence-corrected chi connectivity index (χ2v) is 6.95. The van der Waals surface area contributed by atoms with Gasteiger partial charge in [-0.2, -0.15) is 5.10 Å². The second-order valence-electron chi connectivity index (χ2n) is 4.84. The molecule has 1 aliphatic rings. The molecule has 3 heterocycles. The number of hydrogen-bond acceptors (Lipinski definition) is 8. The molecular weight excluding hydrogens is 324 g/mol. The highest BCUT2D eigenvalue weighted by Crippen LogP contribution is 2.26.